The number of aromatic nitrogens is 4. The van der Waals surface area contributed by atoms with Gasteiger partial charge in [0.25, 0.3) is 0 Å². The van der Waals surface area contributed by atoms with E-state index in [0.29, 0.717) is 5.58 Å². The second-order valence-corrected chi connectivity index (χ2v) is 16.0. The van der Waals surface area contributed by atoms with Crippen LogP contribution in [-0.4, -0.2) is 19.1 Å². The quantitative estimate of drug-likeness (QED) is 0.180. The molecule has 0 aliphatic rings. The fraction of sp³-hybridized carbons (Fsp3) is 0. The number of furan rings is 1. The zero-order valence-corrected chi connectivity index (χ0v) is 31.7. The Balaban J connectivity index is 1.03. The van der Waals surface area contributed by atoms with E-state index in [0.717, 1.165) is 55.7 Å². The SMILES string of the molecule is c1ccc(-n2c3ccccc3c3ccc4c5ccccc5n(-c5ccc6oc7c(-c8cccc(-c9cccc%10c9sc9ccccc9%10)c8)ncnc7c6c5)c4c32)cc1. The summed E-state index contributed by atoms with van der Waals surface area (Å²) in [5.74, 6) is 0. The highest BCUT2D eigenvalue weighted by atomic mass is 32.1. The maximum Gasteiger partial charge on any atom is 0.180 e. The average molecular weight is 759 g/mol. The number of nitrogens with zero attached hydrogens (tertiary/aromatic N) is 4. The Morgan fingerprint density at radius 2 is 1.10 bits per heavy atom. The van der Waals surface area contributed by atoms with Crippen molar-refractivity contribution >= 4 is 97.2 Å². The van der Waals surface area contributed by atoms with Crippen LogP contribution in [0, 0.1) is 0 Å². The third-order valence-corrected chi connectivity index (χ3v) is 13.0. The van der Waals surface area contributed by atoms with E-state index in [1.165, 1.54) is 58.3 Å². The minimum Gasteiger partial charge on any atom is -0.452 e. The van der Waals surface area contributed by atoms with Crippen molar-refractivity contribution in [1.29, 1.82) is 0 Å². The molecular formula is C52H30N4OS. The highest BCUT2D eigenvalue weighted by molar-refractivity contribution is 7.26. The van der Waals surface area contributed by atoms with Gasteiger partial charge in [0.05, 0.1) is 22.1 Å². The molecule has 13 aromatic rings. The molecule has 5 heterocycles. The van der Waals surface area contributed by atoms with Gasteiger partial charge in [-0.1, -0.05) is 121 Å². The molecule has 0 N–H and O–H groups in total. The van der Waals surface area contributed by atoms with E-state index >= 15 is 0 Å². The number of para-hydroxylation sites is 3. The van der Waals surface area contributed by atoms with Gasteiger partial charge in [-0.2, -0.15) is 0 Å². The first-order chi connectivity index (χ1) is 28.8. The highest BCUT2D eigenvalue weighted by Gasteiger charge is 2.23. The summed E-state index contributed by atoms with van der Waals surface area (Å²) >= 11 is 1.84. The molecule has 5 nitrogen and oxygen atoms in total. The maximum atomic E-state index is 6.69. The third kappa shape index (κ3) is 4.40. The molecule has 6 heteroatoms. The van der Waals surface area contributed by atoms with Crippen molar-refractivity contribution in [3.63, 3.8) is 0 Å². The molecule has 0 amide bonds. The number of rotatable bonds is 4. The first kappa shape index (κ1) is 31.6. The van der Waals surface area contributed by atoms with E-state index in [1.54, 1.807) is 6.33 Å². The van der Waals surface area contributed by atoms with Crippen LogP contribution in [0.2, 0.25) is 0 Å². The lowest BCUT2D eigenvalue weighted by atomic mass is 9.99. The van der Waals surface area contributed by atoms with E-state index in [1.807, 2.05) is 11.3 Å². The minimum absolute atomic E-state index is 0.681. The molecule has 0 aliphatic carbocycles. The molecule has 0 aliphatic heterocycles. The normalized spacial score (nSPS) is 12.1. The van der Waals surface area contributed by atoms with Crippen molar-refractivity contribution in [1.82, 2.24) is 19.1 Å². The first-order valence-electron chi connectivity index (χ1n) is 19.5. The van der Waals surface area contributed by atoms with Crippen LogP contribution in [-0.2, 0) is 0 Å². The van der Waals surface area contributed by atoms with Crippen LogP contribution in [0.5, 0.6) is 0 Å². The van der Waals surface area contributed by atoms with E-state index < -0.39 is 0 Å². The van der Waals surface area contributed by atoms with E-state index in [2.05, 4.69) is 185 Å². The van der Waals surface area contributed by atoms with Crippen molar-refractivity contribution in [3.8, 4) is 33.8 Å². The van der Waals surface area contributed by atoms with Crippen LogP contribution in [0.25, 0.3) is 120 Å². The van der Waals surface area contributed by atoms with Gasteiger partial charge in [-0.3, -0.25) is 0 Å². The van der Waals surface area contributed by atoms with Crippen LogP contribution in [0.15, 0.2) is 187 Å². The summed E-state index contributed by atoms with van der Waals surface area (Å²) in [6.45, 7) is 0. The van der Waals surface area contributed by atoms with Crippen LogP contribution in [0.3, 0.4) is 0 Å². The van der Waals surface area contributed by atoms with Crippen molar-refractivity contribution in [2.75, 3.05) is 0 Å². The van der Waals surface area contributed by atoms with Gasteiger partial charge in [0.15, 0.2) is 5.58 Å². The van der Waals surface area contributed by atoms with Gasteiger partial charge in [-0.25, -0.2) is 9.97 Å². The lowest BCUT2D eigenvalue weighted by Gasteiger charge is -2.12. The number of benzene rings is 8. The molecule has 0 unspecified atom stereocenters. The lowest BCUT2D eigenvalue weighted by Crippen LogP contribution is -1.98. The first-order valence-corrected chi connectivity index (χ1v) is 20.3. The minimum atomic E-state index is 0.681. The Bertz CT molecular complexity index is 3810. The van der Waals surface area contributed by atoms with Gasteiger partial charge in [0, 0.05) is 64.0 Å². The summed E-state index contributed by atoms with van der Waals surface area (Å²) in [5, 5.41) is 8.38. The van der Waals surface area contributed by atoms with Gasteiger partial charge in [0.1, 0.15) is 23.1 Å². The zero-order chi connectivity index (χ0) is 37.9. The number of thiophene rings is 1. The molecule has 13 rings (SSSR count). The molecule has 0 saturated heterocycles. The monoisotopic (exact) mass is 758 g/mol. The largest absolute Gasteiger partial charge is 0.452 e. The summed E-state index contributed by atoms with van der Waals surface area (Å²) in [6.07, 6.45) is 1.67. The van der Waals surface area contributed by atoms with Crippen LogP contribution >= 0.6 is 11.3 Å². The van der Waals surface area contributed by atoms with Gasteiger partial charge in [0.2, 0.25) is 0 Å². The molecule has 0 radical (unpaired) electrons. The highest BCUT2D eigenvalue weighted by Crippen LogP contribution is 2.44. The Morgan fingerprint density at radius 1 is 0.448 bits per heavy atom. The second-order valence-electron chi connectivity index (χ2n) is 14.9. The average Bonchev–Trinajstić information content (AvgIpc) is 4.04. The number of hydrogen-bond donors (Lipinski definition) is 0. The molecule has 0 spiro atoms. The molecule has 0 fully saturated rings. The molecule has 58 heavy (non-hydrogen) atoms. The summed E-state index contributed by atoms with van der Waals surface area (Å²) in [7, 11) is 0. The van der Waals surface area contributed by atoms with Crippen LogP contribution in [0.4, 0.5) is 0 Å². The van der Waals surface area contributed by atoms with Gasteiger partial charge in [-0.05, 0) is 65.7 Å². The van der Waals surface area contributed by atoms with Crippen molar-refractivity contribution in [3.05, 3.63) is 182 Å². The van der Waals surface area contributed by atoms with Crippen LogP contribution < -0.4 is 0 Å². The Kier molecular flexibility index (Phi) is 6.54. The fourth-order valence-corrected chi connectivity index (χ4v) is 10.6. The summed E-state index contributed by atoms with van der Waals surface area (Å²) in [4.78, 5) is 9.71. The molecule has 0 saturated carbocycles. The van der Waals surface area contributed by atoms with Gasteiger partial charge < -0.3 is 13.6 Å². The summed E-state index contributed by atoms with van der Waals surface area (Å²) in [6, 6.07) is 63.1. The predicted molar refractivity (Wildman–Crippen MR) is 242 cm³/mol. The second kappa shape index (κ2) is 12.0. The van der Waals surface area contributed by atoms with E-state index in [-0.39, 0.29) is 0 Å². The van der Waals surface area contributed by atoms with Crippen molar-refractivity contribution < 1.29 is 4.42 Å². The fourth-order valence-electron chi connectivity index (χ4n) is 9.33. The standard InChI is InChI=1S/C52H30N4OS/c1-2-14-33(15-3-1)55-43-21-7-4-16-36(43)39-25-26-40-37-17-5-8-22-44(37)56(50(40)49(39)55)34-24-27-45-42(29-34)48-51(57-45)47(53-30-54-48)32-13-10-12-31(28-32)35-19-11-20-41-38-18-6-9-23-46(38)58-52(35)41/h1-30H. The Morgan fingerprint density at radius 3 is 1.90 bits per heavy atom. The van der Waals surface area contributed by atoms with Crippen molar-refractivity contribution in [2.24, 2.45) is 0 Å². The number of fused-ring (bicyclic) bond motifs is 13. The third-order valence-electron chi connectivity index (χ3n) is 11.8. The van der Waals surface area contributed by atoms with Gasteiger partial charge in [-0.15, -0.1) is 11.3 Å². The smallest absolute Gasteiger partial charge is 0.180 e. The van der Waals surface area contributed by atoms with Gasteiger partial charge >= 0.3 is 0 Å². The molecular weight excluding hydrogens is 729 g/mol. The van der Waals surface area contributed by atoms with E-state index in [4.69, 9.17) is 14.4 Å². The van der Waals surface area contributed by atoms with E-state index in [9.17, 15) is 0 Å². The zero-order valence-electron chi connectivity index (χ0n) is 30.9. The Labute approximate surface area is 335 Å². The molecule has 8 aromatic carbocycles. The van der Waals surface area contributed by atoms with Crippen LogP contribution in [0.1, 0.15) is 0 Å². The molecule has 0 atom stereocenters. The number of hydrogen-bond acceptors (Lipinski definition) is 4. The predicted octanol–water partition coefficient (Wildman–Crippen LogP) is 14.3. The maximum absolute atomic E-state index is 6.69. The lowest BCUT2D eigenvalue weighted by molar-refractivity contribution is 0.667. The molecule has 0 bridgehead atoms. The Hall–Kier alpha value is -7.54. The summed E-state index contributed by atoms with van der Waals surface area (Å²) in [5.41, 5.74) is 13.2. The van der Waals surface area contributed by atoms with Crippen molar-refractivity contribution in [2.45, 2.75) is 0 Å². The molecule has 5 aromatic heterocycles. The topological polar surface area (TPSA) is 48.8 Å². The molecule has 270 valence electrons. The summed E-state index contributed by atoms with van der Waals surface area (Å²) < 4.78 is 14.1.